The lowest BCUT2D eigenvalue weighted by molar-refractivity contribution is 0.0941. The minimum atomic E-state index is -0.0376. The molecule has 1 saturated heterocycles. The normalized spacial score (nSPS) is 14.2. The number of likely N-dealkylation sites (tertiary alicyclic amines) is 1. The molecule has 2 aliphatic heterocycles. The number of hydrogen-bond donors (Lipinski definition) is 1. The molecule has 2 aromatic heterocycles. The van der Waals surface area contributed by atoms with E-state index in [0.717, 1.165) is 53.5 Å². The summed E-state index contributed by atoms with van der Waals surface area (Å²) in [6, 6.07) is 17.8. The summed E-state index contributed by atoms with van der Waals surface area (Å²) in [5, 5.41) is 12.2. The van der Waals surface area contributed by atoms with Crippen molar-refractivity contribution in [1.29, 1.82) is 5.26 Å². The van der Waals surface area contributed by atoms with Crippen molar-refractivity contribution in [1.82, 2.24) is 24.3 Å². The van der Waals surface area contributed by atoms with Crippen LogP contribution in [0.2, 0.25) is 0 Å². The van der Waals surface area contributed by atoms with E-state index in [0.29, 0.717) is 24.2 Å². The van der Waals surface area contributed by atoms with E-state index in [1.807, 2.05) is 48.7 Å². The SMILES string of the molecule is N#Cc1ccc(-c2cc3n(c2)Cc2cc(C(=O)NCCN4CCC4)ccc2-n2ccnc2-3)cc1. The minimum absolute atomic E-state index is 0.0376. The summed E-state index contributed by atoms with van der Waals surface area (Å²) in [5.41, 5.74) is 6.55. The van der Waals surface area contributed by atoms with Gasteiger partial charge in [0.1, 0.15) is 0 Å². The lowest BCUT2D eigenvalue weighted by atomic mass is 10.1. The van der Waals surface area contributed by atoms with Gasteiger partial charge in [0.2, 0.25) is 0 Å². The van der Waals surface area contributed by atoms with Crippen molar-refractivity contribution in [3.63, 3.8) is 0 Å². The molecule has 0 atom stereocenters. The number of imidazole rings is 1. The fraction of sp³-hybridized carbons (Fsp3) is 0.222. The minimum Gasteiger partial charge on any atom is -0.351 e. The van der Waals surface area contributed by atoms with E-state index in [-0.39, 0.29) is 5.91 Å². The van der Waals surface area contributed by atoms with E-state index >= 15 is 0 Å². The maximum atomic E-state index is 12.8. The van der Waals surface area contributed by atoms with E-state index < -0.39 is 0 Å². The van der Waals surface area contributed by atoms with Gasteiger partial charge in [-0.05, 0) is 67.0 Å². The third-order valence-electron chi connectivity index (χ3n) is 6.72. The standard InChI is InChI=1S/C27H24N6O/c28-16-19-2-4-20(5-3-19)22-15-25-26-29-9-13-33(26)24-7-6-21(14-23(24)18-32(25)17-22)27(34)30-8-12-31-10-1-11-31/h2-7,9,13-15,17H,1,8,10-12,18H2,(H,30,34). The zero-order valence-electron chi connectivity index (χ0n) is 18.7. The summed E-state index contributed by atoms with van der Waals surface area (Å²) in [7, 11) is 0. The summed E-state index contributed by atoms with van der Waals surface area (Å²) in [6.45, 7) is 4.47. The second-order valence-electron chi connectivity index (χ2n) is 8.85. The zero-order chi connectivity index (χ0) is 23.1. The molecule has 6 rings (SSSR count). The largest absolute Gasteiger partial charge is 0.351 e. The van der Waals surface area contributed by atoms with Gasteiger partial charge in [-0.1, -0.05) is 12.1 Å². The lowest BCUT2D eigenvalue weighted by Gasteiger charge is -2.30. The average molecular weight is 449 g/mol. The Kier molecular flexibility index (Phi) is 5.01. The van der Waals surface area contributed by atoms with Gasteiger partial charge in [-0.25, -0.2) is 4.98 Å². The molecule has 0 spiro atoms. The molecule has 0 bridgehead atoms. The van der Waals surface area contributed by atoms with Crippen LogP contribution in [0.15, 0.2) is 67.1 Å². The van der Waals surface area contributed by atoms with Crippen LogP contribution in [0, 0.1) is 11.3 Å². The first kappa shape index (κ1) is 20.5. The monoisotopic (exact) mass is 448 g/mol. The molecule has 4 aromatic rings. The molecule has 1 fully saturated rings. The van der Waals surface area contributed by atoms with Crippen LogP contribution in [0.1, 0.15) is 27.9 Å². The number of nitrogens with zero attached hydrogens (tertiary/aromatic N) is 5. The molecule has 0 radical (unpaired) electrons. The number of benzene rings is 2. The quantitative estimate of drug-likeness (QED) is 0.445. The van der Waals surface area contributed by atoms with Gasteiger partial charge in [-0.2, -0.15) is 5.26 Å². The van der Waals surface area contributed by atoms with Crippen molar-refractivity contribution in [2.24, 2.45) is 0 Å². The van der Waals surface area contributed by atoms with Crippen molar-refractivity contribution in [3.8, 4) is 34.4 Å². The van der Waals surface area contributed by atoms with Gasteiger partial charge in [0, 0.05) is 49.4 Å². The van der Waals surface area contributed by atoms with Gasteiger partial charge in [0.05, 0.1) is 23.0 Å². The van der Waals surface area contributed by atoms with Crippen LogP contribution in [0.5, 0.6) is 0 Å². The topological polar surface area (TPSA) is 78.9 Å². The summed E-state index contributed by atoms with van der Waals surface area (Å²) >= 11 is 0. The molecule has 1 amide bonds. The zero-order valence-corrected chi connectivity index (χ0v) is 18.7. The van der Waals surface area contributed by atoms with Crippen molar-refractivity contribution < 1.29 is 4.79 Å². The van der Waals surface area contributed by atoms with E-state index in [4.69, 9.17) is 5.26 Å². The van der Waals surface area contributed by atoms with Gasteiger partial charge in [0.25, 0.3) is 5.91 Å². The fourth-order valence-corrected chi connectivity index (χ4v) is 4.72. The number of rotatable bonds is 5. The van der Waals surface area contributed by atoms with E-state index in [2.05, 4.69) is 42.7 Å². The molecule has 168 valence electrons. The van der Waals surface area contributed by atoms with Gasteiger partial charge in [-0.15, -0.1) is 0 Å². The Morgan fingerprint density at radius 3 is 2.71 bits per heavy atom. The predicted octanol–water partition coefficient (Wildman–Crippen LogP) is 3.68. The molecule has 7 heteroatoms. The Labute approximate surface area is 197 Å². The van der Waals surface area contributed by atoms with Crippen LogP contribution < -0.4 is 5.32 Å². The predicted molar refractivity (Wildman–Crippen MR) is 130 cm³/mol. The van der Waals surface area contributed by atoms with Gasteiger partial charge in [0.15, 0.2) is 5.82 Å². The number of fused-ring (bicyclic) bond motifs is 5. The Morgan fingerprint density at radius 1 is 1.09 bits per heavy atom. The number of carbonyl (C=O) groups excluding carboxylic acids is 1. The van der Waals surface area contributed by atoms with Crippen molar-refractivity contribution in [2.75, 3.05) is 26.2 Å². The van der Waals surface area contributed by atoms with E-state index in [1.54, 1.807) is 6.20 Å². The van der Waals surface area contributed by atoms with Gasteiger partial charge in [-0.3, -0.25) is 9.36 Å². The third kappa shape index (κ3) is 3.58. The van der Waals surface area contributed by atoms with Crippen LogP contribution in [0.4, 0.5) is 0 Å². The first-order chi connectivity index (χ1) is 16.7. The molecule has 0 saturated carbocycles. The molecular weight excluding hydrogens is 424 g/mol. The number of hydrogen-bond acceptors (Lipinski definition) is 4. The third-order valence-corrected chi connectivity index (χ3v) is 6.72. The molecular formula is C27H24N6O. The molecule has 1 N–H and O–H groups in total. The molecule has 2 aromatic carbocycles. The number of aromatic nitrogens is 3. The molecule has 2 aliphatic rings. The fourth-order valence-electron chi connectivity index (χ4n) is 4.72. The van der Waals surface area contributed by atoms with Crippen LogP contribution in [0.3, 0.4) is 0 Å². The van der Waals surface area contributed by atoms with Gasteiger partial charge < -0.3 is 14.8 Å². The first-order valence-electron chi connectivity index (χ1n) is 11.6. The van der Waals surface area contributed by atoms with E-state index in [9.17, 15) is 4.79 Å². The summed E-state index contributed by atoms with van der Waals surface area (Å²) in [6.07, 6.45) is 7.14. The van der Waals surface area contributed by atoms with Crippen molar-refractivity contribution >= 4 is 5.91 Å². The highest BCUT2D eigenvalue weighted by molar-refractivity contribution is 5.94. The highest BCUT2D eigenvalue weighted by Gasteiger charge is 2.22. The first-order valence-corrected chi connectivity index (χ1v) is 11.6. The second-order valence-corrected chi connectivity index (χ2v) is 8.85. The van der Waals surface area contributed by atoms with Crippen LogP contribution in [-0.4, -0.2) is 51.1 Å². The number of amides is 1. The van der Waals surface area contributed by atoms with Crippen LogP contribution in [0.25, 0.3) is 28.3 Å². The Bertz CT molecular complexity index is 1420. The number of nitriles is 1. The smallest absolute Gasteiger partial charge is 0.251 e. The van der Waals surface area contributed by atoms with E-state index in [1.165, 1.54) is 6.42 Å². The molecule has 34 heavy (non-hydrogen) atoms. The average Bonchev–Trinajstić information content (AvgIpc) is 3.45. The number of nitrogens with one attached hydrogen (secondary N) is 1. The molecule has 0 unspecified atom stereocenters. The summed E-state index contributed by atoms with van der Waals surface area (Å²) < 4.78 is 4.27. The molecule has 0 aliphatic carbocycles. The Morgan fingerprint density at radius 2 is 1.94 bits per heavy atom. The highest BCUT2D eigenvalue weighted by atomic mass is 16.1. The highest BCUT2D eigenvalue weighted by Crippen LogP contribution is 2.34. The van der Waals surface area contributed by atoms with Gasteiger partial charge >= 0.3 is 0 Å². The van der Waals surface area contributed by atoms with Crippen molar-refractivity contribution in [3.05, 3.63) is 83.8 Å². The summed E-state index contributed by atoms with van der Waals surface area (Å²) in [4.78, 5) is 19.8. The Balaban J connectivity index is 1.31. The Hall–Kier alpha value is -4.15. The maximum absolute atomic E-state index is 12.8. The van der Waals surface area contributed by atoms with Crippen molar-refractivity contribution in [2.45, 2.75) is 13.0 Å². The van der Waals surface area contributed by atoms with Crippen LogP contribution in [-0.2, 0) is 6.54 Å². The lowest BCUT2D eigenvalue weighted by Crippen LogP contribution is -2.42. The maximum Gasteiger partial charge on any atom is 0.251 e. The number of carbonyl (C=O) groups is 1. The molecule has 4 heterocycles. The summed E-state index contributed by atoms with van der Waals surface area (Å²) in [5.74, 6) is 0.829. The van der Waals surface area contributed by atoms with Crippen LogP contribution >= 0.6 is 0 Å². The second kappa shape index (κ2) is 8.32. The molecule has 7 nitrogen and oxygen atoms in total.